The van der Waals surface area contributed by atoms with E-state index in [0.717, 1.165) is 6.42 Å². The number of H-pyrrole nitrogens is 1. The van der Waals surface area contributed by atoms with E-state index in [0.29, 0.717) is 36.4 Å². The van der Waals surface area contributed by atoms with E-state index in [1.807, 2.05) is 13.8 Å². The highest BCUT2D eigenvalue weighted by atomic mass is 16.5. The summed E-state index contributed by atoms with van der Waals surface area (Å²) < 4.78 is 6.35. The van der Waals surface area contributed by atoms with Crippen molar-refractivity contribution in [2.75, 3.05) is 17.2 Å². The van der Waals surface area contributed by atoms with Crippen LogP contribution in [0.2, 0.25) is 0 Å². The average molecular weight is 363 g/mol. The number of nitrogens with one attached hydrogen (secondary N) is 1. The zero-order valence-electron chi connectivity index (χ0n) is 15.6. The van der Waals surface area contributed by atoms with Crippen LogP contribution in [0.3, 0.4) is 0 Å². The smallest absolute Gasteiger partial charge is 0.330 e. The normalized spacial score (nSPS) is 10.9. The molecule has 2 aromatic rings. The van der Waals surface area contributed by atoms with E-state index < -0.39 is 17.2 Å². The van der Waals surface area contributed by atoms with Gasteiger partial charge in [-0.3, -0.25) is 19.1 Å². The number of hydrogen-bond donors (Lipinski definition) is 2. The van der Waals surface area contributed by atoms with Crippen molar-refractivity contribution < 1.29 is 9.32 Å². The van der Waals surface area contributed by atoms with Gasteiger partial charge in [-0.2, -0.15) is 0 Å². The zero-order chi connectivity index (χ0) is 19.4. The molecule has 9 heteroatoms. The fourth-order valence-corrected chi connectivity index (χ4v) is 2.84. The molecule has 0 aliphatic carbocycles. The Balaban J connectivity index is 2.65. The molecule has 0 aromatic carbocycles. The van der Waals surface area contributed by atoms with Crippen LogP contribution in [0.4, 0.5) is 11.5 Å². The number of aromatic nitrogens is 3. The minimum atomic E-state index is -0.684. The van der Waals surface area contributed by atoms with Crippen molar-refractivity contribution in [2.24, 2.45) is 0 Å². The van der Waals surface area contributed by atoms with Gasteiger partial charge in [0.2, 0.25) is 0 Å². The van der Waals surface area contributed by atoms with Crippen molar-refractivity contribution in [1.82, 2.24) is 14.7 Å². The summed E-state index contributed by atoms with van der Waals surface area (Å²) >= 11 is 0. The highest BCUT2D eigenvalue weighted by molar-refractivity contribution is 6.08. The van der Waals surface area contributed by atoms with Crippen LogP contribution in [-0.2, 0) is 6.54 Å². The van der Waals surface area contributed by atoms with Crippen LogP contribution in [0, 0.1) is 13.8 Å². The molecule has 2 rings (SSSR count). The second-order valence-corrected chi connectivity index (χ2v) is 6.15. The van der Waals surface area contributed by atoms with Crippen molar-refractivity contribution in [2.45, 2.75) is 53.5 Å². The maximum Gasteiger partial charge on any atom is 0.330 e. The number of anilines is 2. The number of rotatable bonds is 7. The van der Waals surface area contributed by atoms with E-state index in [2.05, 4.69) is 10.1 Å². The number of carbonyl (C=O) groups is 1. The highest BCUT2D eigenvalue weighted by Crippen LogP contribution is 2.23. The van der Waals surface area contributed by atoms with Crippen LogP contribution >= 0.6 is 0 Å². The number of amides is 1. The van der Waals surface area contributed by atoms with E-state index in [9.17, 15) is 14.4 Å². The van der Waals surface area contributed by atoms with Crippen LogP contribution in [-0.4, -0.2) is 27.2 Å². The van der Waals surface area contributed by atoms with Crippen molar-refractivity contribution in [1.29, 1.82) is 0 Å². The van der Waals surface area contributed by atoms with Gasteiger partial charge in [-0.1, -0.05) is 25.4 Å². The van der Waals surface area contributed by atoms with Gasteiger partial charge in [0, 0.05) is 13.1 Å². The Morgan fingerprint density at radius 2 is 1.96 bits per heavy atom. The van der Waals surface area contributed by atoms with Gasteiger partial charge < -0.3 is 15.2 Å². The lowest BCUT2D eigenvalue weighted by Gasteiger charge is -2.24. The molecule has 2 aromatic heterocycles. The number of carbonyl (C=O) groups excluding carboxylic acids is 1. The molecule has 3 N–H and O–H groups in total. The summed E-state index contributed by atoms with van der Waals surface area (Å²) in [5, 5.41) is 3.80. The maximum absolute atomic E-state index is 13.1. The minimum absolute atomic E-state index is 0.0168. The third-order valence-corrected chi connectivity index (χ3v) is 4.16. The quantitative estimate of drug-likeness (QED) is 0.769. The van der Waals surface area contributed by atoms with Crippen LogP contribution in [0.25, 0.3) is 0 Å². The Morgan fingerprint density at radius 3 is 2.50 bits per heavy atom. The van der Waals surface area contributed by atoms with E-state index in [-0.39, 0.29) is 18.1 Å². The number of hydrogen-bond acceptors (Lipinski definition) is 6. The predicted molar refractivity (Wildman–Crippen MR) is 98.6 cm³/mol. The fraction of sp³-hybridized carbons (Fsp3) is 0.529. The van der Waals surface area contributed by atoms with Crippen LogP contribution in [0.5, 0.6) is 0 Å². The average Bonchev–Trinajstić information content (AvgIpc) is 2.92. The van der Waals surface area contributed by atoms with Crippen molar-refractivity contribution in [3.8, 4) is 0 Å². The summed E-state index contributed by atoms with van der Waals surface area (Å²) in [4.78, 5) is 41.2. The molecule has 0 saturated carbocycles. The second kappa shape index (κ2) is 8.03. The van der Waals surface area contributed by atoms with Gasteiger partial charge in [0.15, 0.2) is 5.69 Å². The van der Waals surface area contributed by atoms with Gasteiger partial charge in [-0.25, -0.2) is 4.79 Å². The number of aryl methyl sites for hydroxylation is 2. The van der Waals surface area contributed by atoms with E-state index >= 15 is 0 Å². The Morgan fingerprint density at radius 1 is 1.27 bits per heavy atom. The van der Waals surface area contributed by atoms with Gasteiger partial charge in [-0.15, -0.1) is 0 Å². The van der Waals surface area contributed by atoms with E-state index in [1.54, 1.807) is 13.8 Å². The summed E-state index contributed by atoms with van der Waals surface area (Å²) in [6.07, 6.45) is 2.14. The summed E-state index contributed by atoms with van der Waals surface area (Å²) in [7, 11) is 0. The Bertz CT molecular complexity index is 889. The summed E-state index contributed by atoms with van der Waals surface area (Å²) in [6, 6.07) is 0. The molecular weight excluding hydrogens is 338 g/mol. The number of nitrogen functional groups attached to an aromatic ring is 1. The van der Waals surface area contributed by atoms with E-state index in [4.69, 9.17) is 10.3 Å². The molecule has 1 amide bonds. The van der Waals surface area contributed by atoms with Gasteiger partial charge >= 0.3 is 5.69 Å². The molecule has 0 aliphatic rings. The monoisotopic (exact) mass is 363 g/mol. The second-order valence-electron chi connectivity index (χ2n) is 6.15. The first-order valence-corrected chi connectivity index (χ1v) is 8.70. The van der Waals surface area contributed by atoms with Gasteiger partial charge in [-0.05, 0) is 26.7 Å². The fourth-order valence-electron chi connectivity index (χ4n) is 2.84. The molecule has 142 valence electrons. The largest absolute Gasteiger partial charge is 0.383 e. The Hall–Kier alpha value is -2.84. The number of nitrogens with zero attached hydrogens (tertiary/aromatic N) is 3. The first kappa shape index (κ1) is 19.5. The van der Waals surface area contributed by atoms with Crippen LogP contribution in [0.1, 0.15) is 54.9 Å². The third kappa shape index (κ3) is 3.56. The zero-order valence-corrected chi connectivity index (χ0v) is 15.6. The molecule has 0 fully saturated rings. The lowest BCUT2D eigenvalue weighted by Crippen LogP contribution is -2.42. The molecule has 0 unspecified atom stereocenters. The third-order valence-electron chi connectivity index (χ3n) is 4.16. The predicted octanol–water partition coefficient (Wildman–Crippen LogP) is 1.58. The molecule has 9 nitrogen and oxygen atoms in total. The molecule has 0 bridgehead atoms. The number of aromatic amines is 1. The first-order chi connectivity index (χ1) is 12.3. The molecule has 0 saturated heterocycles. The standard InChI is InChI=1S/C17H25N5O4/c1-5-7-9-21(16(24)12-10(3)20-26-11(12)4)13-14(18)22(8-6-2)17(25)19-15(13)23/h5-9,18H2,1-4H3,(H,19,23,25). The number of nitrogens with two attached hydrogens (primary N) is 1. The molecule has 0 atom stereocenters. The number of unbranched alkanes of at least 4 members (excludes halogenated alkanes) is 1. The van der Waals surface area contributed by atoms with E-state index in [1.165, 1.54) is 9.47 Å². The summed E-state index contributed by atoms with van der Waals surface area (Å²) in [5.41, 5.74) is 5.57. The molecular formula is C17H25N5O4. The SMILES string of the molecule is CCCCN(C(=O)c1c(C)noc1C)c1c(N)n(CCC)c(=O)[nH]c1=O. The molecule has 26 heavy (non-hydrogen) atoms. The minimum Gasteiger partial charge on any atom is -0.383 e. The molecule has 0 spiro atoms. The summed E-state index contributed by atoms with van der Waals surface area (Å²) in [6.45, 7) is 7.79. The first-order valence-electron chi connectivity index (χ1n) is 8.70. The van der Waals surface area contributed by atoms with Crippen molar-refractivity contribution in [3.63, 3.8) is 0 Å². The maximum atomic E-state index is 13.1. The topological polar surface area (TPSA) is 127 Å². The van der Waals surface area contributed by atoms with Gasteiger partial charge in [0.25, 0.3) is 11.5 Å². The van der Waals surface area contributed by atoms with Crippen molar-refractivity contribution in [3.05, 3.63) is 37.9 Å². The summed E-state index contributed by atoms with van der Waals surface area (Å²) in [5.74, 6) is -0.0729. The molecule has 0 radical (unpaired) electrons. The van der Waals surface area contributed by atoms with Crippen molar-refractivity contribution >= 4 is 17.4 Å². The van der Waals surface area contributed by atoms with Gasteiger partial charge in [0.05, 0.1) is 5.69 Å². The van der Waals surface area contributed by atoms with Gasteiger partial charge in [0.1, 0.15) is 17.1 Å². The molecule has 2 heterocycles. The lowest BCUT2D eigenvalue weighted by molar-refractivity contribution is 0.0984. The highest BCUT2D eigenvalue weighted by Gasteiger charge is 2.28. The van der Waals surface area contributed by atoms with Crippen LogP contribution < -0.4 is 21.9 Å². The lowest BCUT2D eigenvalue weighted by atomic mass is 10.1. The molecule has 0 aliphatic heterocycles. The Labute approximate surface area is 150 Å². The Kier molecular flexibility index (Phi) is 6.01. The van der Waals surface area contributed by atoms with Crippen LogP contribution in [0.15, 0.2) is 14.1 Å².